The van der Waals surface area contributed by atoms with Crippen LogP contribution in [-0.4, -0.2) is 12.1 Å². The van der Waals surface area contributed by atoms with Gasteiger partial charge in [0.15, 0.2) is 0 Å². The molecule has 3 nitrogen and oxygen atoms in total. The number of nitrogens with two attached hydrogens (primary N) is 1. The molecule has 0 atom stereocenters. The number of methoxy groups -OCH3 is 1. The second kappa shape index (κ2) is 6.24. The molecule has 0 unspecified atom stereocenters. The molecular weight excluding hydrogens is 338 g/mol. The maximum atomic E-state index is 5.88. The molecule has 0 aliphatic heterocycles. The molecule has 2 rings (SSSR count). The van der Waals surface area contributed by atoms with Crippen molar-refractivity contribution in [2.75, 3.05) is 7.11 Å². The van der Waals surface area contributed by atoms with E-state index in [0.717, 1.165) is 15.8 Å². The minimum Gasteiger partial charge on any atom is -0.497 e. The van der Waals surface area contributed by atoms with Crippen molar-refractivity contribution in [2.24, 2.45) is 5.73 Å². The van der Waals surface area contributed by atoms with Crippen LogP contribution in [0.15, 0.2) is 40.9 Å². The van der Waals surface area contributed by atoms with E-state index in [2.05, 4.69) is 15.9 Å². The van der Waals surface area contributed by atoms with Crippen LogP contribution in [0.5, 0.6) is 17.2 Å². The van der Waals surface area contributed by atoms with Crippen LogP contribution in [-0.2, 0) is 0 Å². The first kappa shape index (κ1) is 14.8. The van der Waals surface area contributed by atoms with Crippen LogP contribution in [0.25, 0.3) is 0 Å². The van der Waals surface area contributed by atoms with Gasteiger partial charge < -0.3 is 15.2 Å². The summed E-state index contributed by atoms with van der Waals surface area (Å²) in [5.74, 6) is 1.99. The Hall–Kier alpha value is -1.59. The molecule has 0 heterocycles. The smallest absolute Gasteiger partial charge is 0.141 e. The summed E-state index contributed by atoms with van der Waals surface area (Å²) in [6.45, 7) is 2.00. The van der Waals surface area contributed by atoms with Gasteiger partial charge in [-0.2, -0.15) is 0 Å². The van der Waals surface area contributed by atoms with Gasteiger partial charge in [-0.3, -0.25) is 0 Å². The predicted molar refractivity (Wildman–Crippen MR) is 87.8 cm³/mol. The number of hydrogen-bond donors (Lipinski definition) is 1. The van der Waals surface area contributed by atoms with Crippen LogP contribution in [0, 0.1) is 6.92 Å². The van der Waals surface area contributed by atoms with Gasteiger partial charge in [-0.05, 0) is 42.8 Å². The third-order valence-electron chi connectivity index (χ3n) is 2.81. The second-order valence-electron chi connectivity index (χ2n) is 4.24. The van der Waals surface area contributed by atoms with Gasteiger partial charge in [0.05, 0.1) is 12.7 Å². The summed E-state index contributed by atoms with van der Waals surface area (Å²) in [4.78, 5) is 0.288. The van der Waals surface area contributed by atoms with Crippen molar-refractivity contribution in [3.05, 3.63) is 52.0 Å². The van der Waals surface area contributed by atoms with Crippen molar-refractivity contribution < 1.29 is 9.47 Å². The summed E-state index contributed by atoms with van der Waals surface area (Å²) in [7, 11) is 1.60. The average Bonchev–Trinajstić information content (AvgIpc) is 2.42. The fourth-order valence-corrected chi connectivity index (χ4v) is 2.14. The molecule has 0 saturated carbocycles. The largest absolute Gasteiger partial charge is 0.497 e. The lowest BCUT2D eigenvalue weighted by Crippen LogP contribution is -2.10. The highest BCUT2D eigenvalue weighted by atomic mass is 79.9. The molecule has 0 aliphatic rings. The molecule has 2 aromatic rings. The highest BCUT2D eigenvalue weighted by Gasteiger charge is 2.10. The van der Waals surface area contributed by atoms with E-state index in [4.69, 9.17) is 27.4 Å². The lowest BCUT2D eigenvalue weighted by molar-refractivity contribution is 0.409. The van der Waals surface area contributed by atoms with Crippen LogP contribution in [0.4, 0.5) is 0 Å². The van der Waals surface area contributed by atoms with E-state index in [1.165, 1.54) is 0 Å². The van der Waals surface area contributed by atoms with E-state index < -0.39 is 0 Å². The number of halogens is 1. The van der Waals surface area contributed by atoms with Crippen molar-refractivity contribution in [3.8, 4) is 17.2 Å². The third kappa shape index (κ3) is 3.29. The van der Waals surface area contributed by atoms with Gasteiger partial charge in [0.25, 0.3) is 0 Å². The monoisotopic (exact) mass is 351 g/mol. The summed E-state index contributed by atoms with van der Waals surface area (Å²) in [5, 5.41) is 0. The van der Waals surface area contributed by atoms with Gasteiger partial charge >= 0.3 is 0 Å². The van der Waals surface area contributed by atoms with Crippen LogP contribution in [0.1, 0.15) is 11.1 Å². The molecule has 0 bridgehead atoms. The molecule has 5 heteroatoms. The van der Waals surface area contributed by atoms with E-state index >= 15 is 0 Å². The van der Waals surface area contributed by atoms with Crippen molar-refractivity contribution in [2.45, 2.75) is 6.92 Å². The number of hydrogen-bond acceptors (Lipinski definition) is 3. The molecule has 0 saturated heterocycles. The van der Waals surface area contributed by atoms with Gasteiger partial charge in [0, 0.05) is 10.5 Å². The van der Waals surface area contributed by atoms with Crippen LogP contribution in [0.2, 0.25) is 0 Å². The summed E-state index contributed by atoms with van der Waals surface area (Å²) < 4.78 is 12.1. The SMILES string of the molecule is COc1ccc(C(N)=S)c(Oc2ccc(Br)c(C)c2)c1. The summed E-state index contributed by atoms with van der Waals surface area (Å²) >= 11 is 8.50. The van der Waals surface area contributed by atoms with Crippen LogP contribution < -0.4 is 15.2 Å². The zero-order valence-electron chi connectivity index (χ0n) is 11.1. The fourth-order valence-electron chi connectivity index (χ4n) is 1.73. The Labute approximate surface area is 131 Å². The number of benzene rings is 2. The maximum Gasteiger partial charge on any atom is 0.141 e. The zero-order chi connectivity index (χ0) is 14.7. The van der Waals surface area contributed by atoms with Gasteiger partial charge in [-0.1, -0.05) is 28.1 Å². The number of ether oxygens (including phenoxy) is 2. The van der Waals surface area contributed by atoms with Crippen molar-refractivity contribution in [1.82, 2.24) is 0 Å². The molecule has 0 fully saturated rings. The second-order valence-corrected chi connectivity index (χ2v) is 5.53. The Balaban J connectivity index is 2.40. The van der Waals surface area contributed by atoms with E-state index in [0.29, 0.717) is 17.1 Å². The van der Waals surface area contributed by atoms with Crippen molar-refractivity contribution in [3.63, 3.8) is 0 Å². The van der Waals surface area contributed by atoms with E-state index in [1.807, 2.05) is 25.1 Å². The Morgan fingerprint density at radius 3 is 2.45 bits per heavy atom. The predicted octanol–water partition coefficient (Wildman–Crippen LogP) is 4.19. The van der Waals surface area contributed by atoms with Gasteiger partial charge in [0.2, 0.25) is 0 Å². The highest BCUT2D eigenvalue weighted by Crippen LogP contribution is 2.31. The number of rotatable bonds is 4. The topological polar surface area (TPSA) is 44.5 Å². The van der Waals surface area contributed by atoms with Crippen LogP contribution >= 0.6 is 28.1 Å². The van der Waals surface area contributed by atoms with Gasteiger partial charge in [-0.15, -0.1) is 0 Å². The minimum atomic E-state index is 0.288. The fraction of sp³-hybridized carbons (Fsp3) is 0.133. The first-order valence-electron chi connectivity index (χ1n) is 5.93. The van der Waals surface area contributed by atoms with Crippen LogP contribution in [0.3, 0.4) is 0 Å². The average molecular weight is 352 g/mol. The first-order chi connectivity index (χ1) is 9.51. The Kier molecular flexibility index (Phi) is 4.62. The molecule has 20 heavy (non-hydrogen) atoms. The Morgan fingerprint density at radius 1 is 1.15 bits per heavy atom. The quantitative estimate of drug-likeness (QED) is 0.838. The molecule has 0 spiro atoms. The van der Waals surface area contributed by atoms with Gasteiger partial charge in [-0.25, -0.2) is 0 Å². The maximum absolute atomic E-state index is 5.88. The van der Waals surface area contributed by atoms with Crippen molar-refractivity contribution in [1.29, 1.82) is 0 Å². The Bertz CT molecular complexity index is 658. The molecule has 0 aliphatic carbocycles. The normalized spacial score (nSPS) is 10.2. The summed E-state index contributed by atoms with van der Waals surface area (Å²) in [6, 6.07) is 11.1. The molecule has 2 aromatic carbocycles. The molecule has 104 valence electrons. The van der Waals surface area contributed by atoms with Crippen molar-refractivity contribution >= 4 is 33.1 Å². The first-order valence-corrected chi connectivity index (χ1v) is 7.13. The molecule has 2 N–H and O–H groups in total. The van der Waals surface area contributed by atoms with E-state index in [9.17, 15) is 0 Å². The lowest BCUT2D eigenvalue weighted by atomic mass is 10.2. The number of thiocarbonyl (C=S) groups is 1. The van der Waals surface area contributed by atoms with E-state index in [1.54, 1.807) is 25.3 Å². The molecular formula is C15H14BrNO2S. The minimum absolute atomic E-state index is 0.288. The van der Waals surface area contributed by atoms with E-state index in [-0.39, 0.29) is 4.99 Å². The summed E-state index contributed by atoms with van der Waals surface area (Å²) in [5.41, 5.74) is 7.48. The Morgan fingerprint density at radius 2 is 1.85 bits per heavy atom. The zero-order valence-corrected chi connectivity index (χ0v) is 13.5. The molecule has 0 amide bonds. The van der Waals surface area contributed by atoms with Gasteiger partial charge in [0.1, 0.15) is 22.2 Å². The highest BCUT2D eigenvalue weighted by molar-refractivity contribution is 9.10. The third-order valence-corrected chi connectivity index (χ3v) is 3.92. The molecule has 0 radical (unpaired) electrons. The lowest BCUT2D eigenvalue weighted by Gasteiger charge is -2.12. The number of aryl methyl sites for hydroxylation is 1. The molecule has 0 aromatic heterocycles. The summed E-state index contributed by atoms with van der Waals surface area (Å²) in [6.07, 6.45) is 0. The standard InChI is InChI=1S/C15H14BrNO2S/c1-9-7-11(4-6-13(9)16)19-14-8-10(18-2)3-5-12(14)15(17)20/h3-8H,1-2H3,(H2,17,20).